The second-order valence-corrected chi connectivity index (χ2v) is 10.6. The fraction of sp³-hybridized carbons (Fsp3) is 0.593. The first-order chi connectivity index (χ1) is 16.0. The standard InChI is InChI=1S/C27H40N4O3/c1-19(2)22-9-7-21(8-10-22)17-31-16-13-28-25(31)23-11-14-30(15-12-23)26(33)24(29-20(3)32)18-34-27(4,5)6/h7-10,13,16,19,23-24H,11-12,14-15,17-18H2,1-6H3,(H,29,32). The summed E-state index contributed by atoms with van der Waals surface area (Å²) in [5.41, 5.74) is 2.22. The Morgan fingerprint density at radius 3 is 2.35 bits per heavy atom. The number of carbonyl (C=O) groups excluding carboxylic acids is 2. The molecule has 0 bridgehead atoms. The van der Waals surface area contributed by atoms with Crippen molar-refractivity contribution in [2.75, 3.05) is 19.7 Å². The summed E-state index contributed by atoms with van der Waals surface area (Å²) in [6, 6.07) is 8.14. The number of nitrogens with zero attached hydrogens (tertiary/aromatic N) is 3. The van der Waals surface area contributed by atoms with E-state index in [1.54, 1.807) is 0 Å². The summed E-state index contributed by atoms with van der Waals surface area (Å²) in [4.78, 5) is 31.3. The molecule has 2 amide bonds. The first-order valence-corrected chi connectivity index (χ1v) is 12.3. The molecule has 1 unspecified atom stereocenters. The van der Waals surface area contributed by atoms with Gasteiger partial charge in [0.05, 0.1) is 12.2 Å². The zero-order chi connectivity index (χ0) is 24.9. The van der Waals surface area contributed by atoms with Gasteiger partial charge in [0, 0.05) is 44.9 Å². The Morgan fingerprint density at radius 2 is 1.79 bits per heavy atom. The Labute approximate surface area is 203 Å². The van der Waals surface area contributed by atoms with E-state index in [1.807, 2.05) is 38.1 Å². The van der Waals surface area contributed by atoms with Crippen LogP contribution in [0.5, 0.6) is 0 Å². The molecule has 2 aromatic rings. The van der Waals surface area contributed by atoms with Crippen molar-refractivity contribution in [1.29, 1.82) is 0 Å². The number of rotatable bonds is 8. The molecule has 186 valence electrons. The van der Waals surface area contributed by atoms with Crippen LogP contribution in [0.15, 0.2) is 36.7 Å². The van der Waals surface area contributed by atoms with Gasteiger partial charge in [-0.1, -0.05) is 38.1 Å². The molecule has 1 aromatic carbocycles. The maximum atomic E-state index is 13.1. The van der Waals surface area contributed by atoms with Crippen LogP contribution >= 0.6 is 0 Å². The van der Waals surface area contributed by atoms with E-state index in [2.05, 4.69) is 53.0 Å². The maximum absolute atomic E-state index is 13.1. The van der Waals surface area contributed by atoms with Crippen LogP contribution < -0.4 is 5.32 Å². The Hall–Kier alpha value is -2.67. The average Bonchev–Trinajstić information content (AvgIpc) is 3.24. The lowest BCUT2D eigenvalue weighted by Gasteiger charge is -2.35. The molecule has 1 N–H and O–H groups in total. The van der Waals surface area contributed by atoms with Crippen molar-refractivity contribution in [2.45, 2.75) is 84.4 Å². The zero-order valence-corrected chi connectivity index (χ0v) is 21.5. The van der Waals surface area contributed by atoms with Crippen molar-refractivity contribution in [1.82, 2.24) is 19.8 Å². The molecule has 1 fully saturated rings. The number of benzene rings is 1. The van der Waals surface area contributed by atoms with Crippen LogP contribution in [0.25, 0.3) is 0 Å². The van der Waals surface area contributed by atoms with E-state index in [4.69, 9.17) is 4.74 Å². The van der Waals surface area contributed by atoms with Crippen LogP contribution in [0.3, 0.4) is 0 Å². The molecule has 34 heavy (non-hydrogen) atoms. The molecule has 0 saturated carbocycles. The first kappa shape index (κ1) is 25.9. The number of likely N-dealkylation sites (tertiary alicyclic amines) is 1. The molecule has 0 spiro atoms. The number of hydrogen-bond acceptors (Lipinski definition) is 4. The largest absolute Gasteiger partial charge is 0.373 e. The van der Waals surface area contributed by atoms with Gasteiger partial charge in [0.25, 0.3) is 0 Å². The third kappa shape index (κ3) is 7.16. The summed E-state index contributed by atoms with van der Waals surface area (Å²) < 4.78 is 8.03. The molecule has 1 aliphatic rings. The van der Waals surface area contributed by atoms with Crippen molar-refractivity contribution < 1.29 is 14.3 Å². The van der Waals surface area contributed by atoms with Gasteiger partial charge in [0.15, 0.2) is 0 Å². The van der Waals surface area contributed by atoms with Gasteiger partial charge in [0.2, 0.25) is 11.8 Å². The third-order valence-electron chi connectivity index (χ3n) is 6.28. The number of hydrogen-bond donors (Lipinski definition) is 1. The van der Waals surface area contributed by atoms with E-state index in [9.17, 15) is 9.59 Å². The molecule has 1 saturated heterocycles. The second kappa shape index (κ2) is 11.2. The van der Waals surface area contributed by atoms with Crippen LogP contribution in [-0.4, -0.2) is 57.6 Å². The highest BCUT2D eigenvalue weighted by atomic mass is 16.5. The fourth-order valence-corrected chi connectivity index (χ4v) is 4.35. The molecule has 7 nitrogen and oxygen atoms in total. The molecular formula is C27H40N4O3. The van der Waals surface area contributed by atoms with Crippen molar-refractivity contribution >= 4 is 11.8 Å². The Morgan fingerprint density at radius 1 is 1.15 bits per heavy atom. The molecule has 0 aliphatic carbocycles. The van der Waals surface area contributed by atoms with Gasteiger partial charge in [-0.25, -0.2) is 4.98 Å². The summed E-state index contributed by atoms with van der Waals surface area (Å²) in [7, 11) is 0. The Kier molecular flexibility index (Phi) is 8.52. The zero-order valence-electron chi connectivity index (χ0n) is 21.5. The number of carbonyl (C=O) groups is 2. The number of imidazole rings is 1. The Balaban J connectivity index is 1.60. The van der Waals surface area contributed by atoms with Crippen molar-refractivity contribution in [3.05, 3.63) is 53.6 Å². The summed E-state index contributed by atoms with van der Waals surface area (Å²) in [6.45, 7) is 13.9. The SMILES string of the molecule is CC(=O)NC(COC(C)(C)C)C(=O)N1CCC(c2nccn2Cc2ccc(C(C)C)cc2)CC1. The lowest BCUT2D eigenvalue weighted by Crippen LogP contribution is -2.53. The molecule has 1 aliphatic heterocycles. The van der Waals surface area contributed by atoms with E-state index < -0.39 is 6.04 Å². The molecule has 0 radical (unpaired) electrons. The summed E-state index contributed by atoms with van der Waals surface area (Å²) in [6.07, 6.45) is 5.61. The lowest BCUT2D eigenvalue weighted by atomic mass is 9.95. The number of piperidine rings is 1. The van der Waals surface area contributed by atoms with E-state index in [-0.39, 0.29) is 24.0 Å². The van der Waals surface area contributed by atoms with Crippen LogP contribution in [0.1, 0.15) is 83.2 Å². The van der Waals surface area contributed by atoms with Crippen molar-refractivity contribution in [2.24, 2.45) is 0 Å². The van der Waals surface area contributed by atoms with E-state index >= 15 is 0 Å². The van der Waals surface area contributed by atoms with Crippen LogP contribution in [0, 0.1) is 0 Å². The molecule has 1 atom stereocenters. The first-order valence-electron chi connectivity index (χ1n) is 12.3. The highest BCUT2D eigenvalue weighted by molar-refractivity contribution is 5.87. The van der Waals surface area contributed by atoms with Gasteiger partial charge in [-0.15, -0.1) is 0 Å². The van der Waals surface area contributed by atoms with E-state index in [0.717, 1.165) is 25.2 Å². The molecule has 7 heteroatoms. The summed E-state index contributed by atoms with van der Waals surface area (Å²) in [5.74, 6) is 1.60. The topological polar surface area (TPSA) is 76.5 Å². The maximum Gasteiger partial charge on any atom is 0.247 e. The van der Waals surface area contributed by atoms with Crippen LogP contribution in [-0.2, 0) is 20.9 Å². The van der Waals surface area contributed by atoms with E-state index in [0.29, 0.717) is 24.9 Å². The highest BCUT2D eigenvalue weighted by Crippen LogP contribution is 2.28. The van der Waals surface area contributed by atoms with E-state index in [1.165, 1.54) is 18.1 Å². The summed E-state index contributed by atoms with van der Waals surface area (Å²) >= 11 is 0. The highest BCUT2D eigenvalue weighted by Gasteiger charge is 2.31. The van der Waals surface area contributed by atoms with Gasteiger partial charge in [-0.3, -0.25) is 9.59 Å². The minimum absolute atomic E-state index is 0.0773. The van der Waals surface area contributed by atoms with Gasteiger partial charge in [-0.2, -0.15) is 0 Å². The molecule has 1 aromatic heterocycles. The molecular weight excluding hydrogens is 428 g/mol. The normalized spacial score (nSPS) is 16.0. The molecule has 2 heterocycles. The fourth-order valence-electron chi connectivity index (χ4n) is 4.35. The van der Waals surface area contributed by atoms with Gasteiger partial charge in [-0.05, 0) is 50.7 Å². The summed E-state index contributed by atoms with van der Waals surface area (Å²) in [5, 5.41) is 2.76. The minimum atomic E-state index is -0.663. The predicted octanol–water partition coefficient (Wildman–Crippen LogP) is 4.08. The monoisotopic (exact) mass is 468 g/mol. The van der Waals surface area contributed by atoms with Crippen molar-refractivity contribution in [3.63, 3.8) is 0 Å². The average molecular weight is 469 g/mol. The lowest BCUT2D eigenvalue weighted by molar-refractivity contribution is -0.140. The molecule has 3 rings (SSSR count). The minimum Gasteiger partial charge on any atom is -0.373 e. The predicted molar refractivity (Wildman–Crippen MR) is 134 cm³/mol. The van der Waals surface area contributed by atoms with Crippen LogP contribution in [0.4, 0.5) is 0 Å². The number of aromatic nitrogens is 2. The smallest absolute Gasteiger partial charge is 0.247 e. The van der Waals surface area contributed by atoms with Gasteiger partial charge >= 0.3 is 0 Å². The quantitative estimate of drug-likeness (QED) is 0.633. The second-order valence-electron chi connectivity index (χ2n) is 10.6. The van der Waals surface area contributed by atoms with Gasteiger partial charge in [0.1, 0.15) is 11.9 Å². The van der Waals surface area contributed by atoms with Gasteiger partial charge < -0.3 is 19.5 Å². The number of nitrogens with one attached hydrogen (secondary N) is 1. The van der Waals surface area contributed by atoms with Crippen LogP contribution in [0.2, 0.25) is 0 Å². The Bertz CT molecular complexity index is 951. The third-order valence-corrected chi connectivity index (χ3v) is 6.28. The van der Waals surface area contributed by atoms with Crippen molar-refractivity contribution in [3.8, 4) is 0 Å². The number of amides is 2. The number of ether oxygens (including phenoxy) is 1.